The molecule has 1 aromatic rings. The summed E-state index contributed by atoms with van der Waals surface area (Å²) < 4.78 is 4.41. The lowest BCUT2D eigenvalue weighted by Crippen LogP contribution is -2.28. The Balaban J connectivity index is 3.11. The van der Waals surface area contributed by atoms with Crippen LogP contribution in [0.2, 0.25) is 0 Å². The van der Waals surface area contributed by atoms with Crippen LogP contribution in [-0.2, 0) is 4.74 Å². The fourth-order valence-electron chi connectivity index (χ4n) is 1.32. The number of carbonyl (C=O) groups excluding carboxylic acids is 1. The highest BCUT2D eigenvalue weighted by Gasteiger charge is 2.17. The average Bonchev–Trinajstić information content (AvgIpc) is 2.16. The van der Waals surface area contributed by atoms with Crippen LogP contribution >= 0.6 is 0 Å². The van der Waals surface area contributed by atoms with Gasteiger partial charge in [-0.25, -0.2) is 4.79 Å². The van der Waals surface area contributed by atoms with Crippen LogP contribution in [0, 0.1) is 13.8 Å². The molecule has 1 amide bonds. The first-order valence-corrected chi connectivity index (χ1v) is 4.21. The highest BCUT2D eigenvalue weighted by atomic mass is 16.6. The third kappa shape index (κ3) is 1.85. The molecule has 0 spiro atoms. The SMILES string of the molecule is COC(=O)N(O)c1c(C)cccc1C. The van der Waals surface area contributed by atoms with E-state index < -0.39 is 6.09 Å². The molecule has 0 unspecified atom stereocenters. The molecular formula is C10H13NO3. The molecule has 0 aliphatic heterocycles. The summed E-state index contributed by atoms with van der Waals surface area (Å²) >= 11 is 0. The molecule has 0 saturated heterocycles. The fourth-order valence-corrected chi connectivity index (χ4v) is 1.32. The Morgan fingerprint density at radius 1 is 1.36 bits per heavy atom. The predicted molar refractivity (Wildman–Crippen MR) is 52.6 cm³/mol. The van der Waals surface area contributed by atoms with Crippen molar-refractivity contribution in [2.24, 2.45) is 0 Å². The Morgan fingerprint density at radius 2 is 1.86 bits per heavy atom. The number of hydrogen-bond donors (Lipinski definition) is 1. The number of anilines is 1. The maximum absolute atomic E-state index is 11.1. The minimum Gasteiger partial charge on any atom is -0.451 e. The molecule has 0 fully saturated rings. The number of ether oxygens (including phenoxy) is 1. The monoisotopic (exact) mass is 195 g/mol. The number of hydrogen-bond acceptors (Lipinski definition) is 3. The zero-order valence-corrected chi connectivity index (χ0v) is 8.44. The average molecular weight is 195 g/mol. The van der Waals surface area contributed by atoms with Gasteiger partial charge in [-0.2, -0.15) is 5.06 Å². The zero-order valence-electron chi connectivity index (χ0n) is 8.44. The third-order valence-corrected chi connectivity index (χ3v) is 2.00. The highest BCUT2D eigenvalue weighted by Crippen LogP contribution is 2.23. The minimum absolute atomic E-state index is 0.472. The smallest absolute Gasteiger partial charge is 0.438 e. The number of para-hydroxylation sites is 1. The third-order valence-electron chi connectivity index (χ3n) is 2.00. The Kier molecular flexibility index (Phi) is 3.09. The van der Waals surface area contributed by atoms with Crippen molar-refractivity contribution in [3.8, 4) is 0 Å². The quantitative estimate of drug-likeness (QED) is 0.552. The minimum atomic E-state index is -0.789. The van der Waals surface area contributed by atoms with E-state index in [0.717, 1.165) is 11.1 Å². The second-order valence-electron chi connectivity index (χ2n) is 3.02. The largest absolute Gasteiger partial charge is 0.451 e. The van der Waals surface area contributed by atoms with Crippen LogP contribution in [0.1, 0.15) is 11.1 Å². The molecule has 4 nitrogen and oxygen atoms in total. The second kappa shape index (κ2) is 4.11. The standard InChI is InChI=1S/C10H13NO3/c1-7-5-4-6-8(2)9(7)11(13)10(12)14-3/h4-6,13H,1-3H3. The number of carbonyl (C=O) groups is 1. The Labute approximate surface area is 82.7 Å². The van der Waals surface area contributed by atoms with Crippen LogP contribution < -0.4 is 5.06 Å². The van der Waals surface area contributed by atoms with Crippen LogP contribution in [0.25, 0.3) is 0 Å². The molecule has 1 rings (SSSR count). The molecule has 76 valence electrons. The van der Waals surface area contributed by atoms with Crippen LogP contribution in [0.5, 0.6) is 0 Å². The summed E-state index contributed by atoms with van der Waals surface area (Å²) in [5, 5.41) is 10.0. The van der Waals surface area contributed by atoms with Crippen molar-refractivity contribution < 1.29 is 14.7 Å². The van der Waals surface area contributed by atoms with Gasteiger partial charge >= 0.3 is 6.09 Å². The summed E-state index contributed by atoms with van der Waals surface area (Å²) in [5.41, 5.74) is 2.11. The van der Waals surface area contributed by atoms with Crippen molar-refractivity contribution >= 4 is 11.8 Å². The van der Waals surface area contributed by atoms with Gasteiger partial charge in [-0.1, -0.05) is 18.2 Å². The van der Waals surface area contributed by atoms with Crippen LogP contribution in [0.15, 0.2) is 18.2 Å². The van der Waals surface area contributed by atoms with Crippen molar-refractivity contribution in [3.63, 3.8) is 0 Å². The first kappa shape index (κ1) is 10.5. The molecule has 0 saturated carbocycles. The Hall–Kier alpha value is -1.55. The molecule has 0 aliphatic carbocycles. The molecule has 0 radical (unpaired) electrons. The topological polar surface area (TPSA) is 49.8 Å². The van der Waals surface area contributed by atoms with E-state index in [1.54, 1.807) is 0 Å². The summed E-state index contributed by atoms with van der Waals surface area (Å²) in [6, 6.07) is 5.49. The number of rotatable bonds is 1. The number of methoxy groups -OCH3 is 1. The molecule has 1 aromatic carbocycles. The molecule has 0 heterocycles. The molecule has 0 aromatic heterocycles. The van der Waals surface area contributed by atoms with E-state index in [0.29, 0.717) is 10.8 Å². The van der Waals surface area contributed by atoms with Gasteiger partial charge in [0, 0.05) is 0 Å². The number of nitrogens with zero attached hydrogens (tertiary/aromatic N) is 1. The van der Waals surface area contributed by atoms with E-state index in [2.05, 4.69) is 4.74 Å². The lowest BCUT2D eigenvalue weighted by molar-refractivity contribution is 0.140. The first-order chi connectivity index (χ1) is 6.57. The van der Waals surface area contributed by atoms with Gasteiger partial charge in [-0.15, -0.1) is 0 Å². The predicted octanol–water partition coefficient (Wildman–Crippen LogP) is 2.27. The number of amides is 1. The normalized spacial score (nSPS) is 9.71. The van der Waals surface area contributed by atoms with Crippen LogP contribution in [-0.4, -0.2) is 18.4 Å². The summed E-state index contributed by atoms with van der Waals surface area (Å²) in [6.45, 7) is 3.63. The highest BCUT2D eigenvalue weighted by molar-refractivity contribution is 5.86. The summed E-state index contributed by atoms with van der Waals surface area (Å²) in [7, 11) is 1.22. The lowest BCUT2D eigenvalue weighted by atomic mass is 10.1. The van der Waals surface area contributed by atoms with E-state index in [1.807, 2.05) is 32.0 Å². The summed E-state index contributed by atoms with van der Waals surface area (Å²) in [6.07, 6.45) is -0.789. The molecule has 1 N–H and O–H groups in total. The van der Waals surface area contributed by atoms with Crippen molar-refractivity contribution in [2.75, 3.05) is 12.2 Å². The van der Waals surface area contributed by atoms with Gasteiger partial charge in [0.25, 0.3) is 0 Å². The van der Waals surface area contributed by atoms with Gasteiger partial charge in [0.15, 0.2) is 0 Å². The van der Waals surface area contributed by atoms with E-state index in [4.69, 9.17) is 0 Å². The molecular weight excluding hydrogens is 182 g/mol. The van der Waals surface area contributed by atoms with E-state index >= 15 is 0 Å². The molecule has 0 aliphatic rings. The lowest BCUT2D eigenvalue weighted by Gasteiger charge is -2.17. The van der Waals surface area contributed by atoms with Gasteiger partial charge in [0.05, 0.1) is 12.8 Å². The zero-order chi connectivity index (χ0) is 10.7. The fraction of sp³-hybridized carbons (Fsp3) is 0.300. The van der Waals surface area contributed by atoms with Crippen molar-refractivity contribution in [2.45, 2.75) is 13.8 Å². The Morgan fingerprint density at radius 3 is 2.29 bits per heavy atom. The van der Waals surface area contributed by atoms with Crippen molar-refractivity contribution in [1.82, 2.24) is 0 Å². The Bertz CT molecular complexity index is 329. The van der Waals surface area contributed by atoms with Crippen LogP contribution in [0.3, 0.4) is 0 Å². The maximum Gasteiger partial charge on any atom is 0.438 e. The van der Waals surface area contributed by atoms with Crippen LogP contribution in [0.4, 0.5) is 10.5 Å². The van der Waals surface area contributed by atoms with Gasteiger partial charge in [0.2, 0.25) is 0 Å². The second-order valence-corrected chi connectivity index (χ2v) is 3.02. The molecule has 0 atom stereocenters. The number of hydroxylamine groups is 1. The number of benzene rings is 1. The molecule has 0 bridgehead atoms. The van der Waals surface area contributed by atoms with Gasteiger partial charge < -0.3 is 4.74 Å². The molecule has 4 heteroatoms. The van der Waals surface area contributed by atoms with Crippen molar-refractivity contribution in [1.29, 1.82) is 0 Å². The van der Waals surface area contributed by atoms with E-state index in [-0.39, 0.29) is 0 Å². The van der Waals surface area contributed by atoms with Gasteiger partial charge in [-0.3, -0.25) is 5.21 Å². The molecule has 14 heavy (non-hydrogen) atoms. The summed E-state index contributed by atoms with van der Waals surface area (Å²) in [5.74, 6) is 0. The van der Waals surface area contributed by atoms with Crippen molar-refractivity contribution in [3.05, 3.63) is 29.3 Å². The van der Waals surface area contributed by atoms with E-state index in [9.17, 15) is 10.0 Å². The van der Waals surface area contributed by atoms with Gasteiger partial charge in [-0.05, 0) is 25.0 Å². The first-order valence-electron chi connectivity index (χ1n) is 4.21. The number of aryl methyl sites for hydroxylation is 2. The summed E-state index contributed by atoms with van der Waals surface area (Å²) in [4.78, 5) is 11.1. The maximum atomic E-state index is 11.1. The van der Waals surface area contributed by atoms with E-state index in [1.165, 1.54) is 7.11 Å². The van der Waals surface area contributed by atoms with Gasteiger partial charge in [0.1, 0.15) is 0 Å².